The monoisotopic (exact) mass is 271 g/mol. The molecule has 0 aliphatic rings. The van der Waals surface area contributed by atoms with Gasteiger partial charge in [-0.25, -0.2) is 0 Å². The molecular weight excluding hydrogens is 254 g/mol. The number of amides is 1. The van der Waals surface area contributed by atoms with Crippen molar-refractivity contribution in [3.63, 3.8) is 0 Å². The lowest BCUT2D eigenvalue weighted by molar-refractivity contribution is 0.0950. The number of benzene rings is 2. The number of rotatable bonds is 4. The van der Waals surface area contributed by atoms with Gasteiger partial charge in [-0.1, -0.05) is 24.3 Å². The van der Waals surface area contributed by atoms with Crippen LogP contribution in [-0.4, -0.2) is 16.1 Å². The van der Waals surface area contributed by atoms with E-state index in [0.717, 1.165) is 16.7 Å². The molecule has 0 saturated heterocycles. The molecule has 0 unspecified atom stereocenters. The van der Waals surface area contributed by atoms with Crippen LogP contribution in [0.5, 0.6) is 5.75 Å². The highest BCUT2D eigenvalue weighted by atomic mass is 16.3. The summed E-state index contributed by atoms with van der Waals surface area (Å²) in [5.41, 5.74) is 3.02. The van der Waals surface area contributed by atoms with Crippen LogP contribution < -0.4 is 5.32 Å². The third-order valence-corrected chi connectivity index (χ3v) is 3.08. The first-order chi connectivity index (χ1) is 9.60. The van der Waals surface area contributed by atoms with Crippen LogP contribution in [0.15, 0.2) is 42.5 Å². The molecule has 20 heavy (non-hydrogen) atoms. The lowest BCUT2D eigenvalue weighted by atomic mass is 10.1. The first-order valence-corrected chi connectivity index (χ1v) is 6.36. The van der Waals surface area contributed by atoms with Gasteiger partial charge in [-0.2, -0.15) is 0 Å². The van der Waals surface area contributed by atoms with Gasteiger partial charge in [0.2, 0.25) is 0 Å². The van der Waals surface area contributed by atoms with E-state index in [-0.39, 0.29) is 18.3 Å². The van der Waals surface area contributed by atoms with E-state index in [2.05, 4.69) is 5.32 Å². The Balaban J connectivity index is 2.04. The zero-order valence-corrected chi connectivity index (χ0v) is 11.3. The molecular formula is C16H17NO3. The van der Waals surface area contributed by atoms with E-state index >= 15 is 0 Å². The molecule has 1 amide bonds. The molecule has 2 rings (SSSR count). The molecule has 0 aliphatic carbocycles. The van der Waals surface area contributed by atoms with E-state index in [9.17, 15) is 9.90 Å². The molecule has 2 aromatic carbocycles. The molecule has 0 heterocycles. The van der Waals surface area contributed by atoms with Gasteiger partial charge in [-0.15, -0.1) is 0 Å². The Morgan fingerprint density at radius 3 is 2.60 bits per heavy atom. The minimum atomic E-state index is -0.183. The standard InChI is InChI=1S/C16H17NO3/c1-11-7-14(19)5-6-15(11)16(20)17-9-12-3-2-4-13(8-12)10-18/h2-8,18-19H,9-10H2,1H3,(H,17,20). The summed E-state index contributed by atoms with van der Waals surface area (Å²) >= 11 is 0. The molecule has 0 atom stereocenters. The fourth-order valence-corrected chi connectivity index (χ4v) is 2.02. The highest BCUT2D eigenvalue weighted by molar-refractivity contribution is 5.95. The molecule has 0 aromatic heterocycles. The second kappa shape index (κ2) is 6.21. The number of phenolic OH excluding ortho intramolecular Hbond substituents is 1. The first-order valence-electron chi connectivity index (χ1n) is 6.36. The van der Waals surface area contributed by atoms with Gasteiger partial charge in [-0.05, 0) is 41.8 Å². The molecule has 0 bridgehead atoms. The van der Waals surface area contributed by atoms with Crippen molar-refractivity contribution < 1.29 is 15.0 Å². The van der Waals surface area contributed by atoms with Crippen LogP contribution in [0.25, 0.3) is 0 Å². The van der Waals surface area contributed by atoms with E-state index < -0.39 is 0 Å². The third kappa shape index (κ3) is 3.36. The third-order valence-electron chi connectivity index (χ3n) is 3.08. The van der Waals surface area contributed by atoms with Crippen molar-refractivity contribution in [2.75, 3.05) is 0 Å². The van der Waals surface area contributed by atoms with Gasteiger partial charge in [0.1, 0.15) is 5.75 Å². The Morgan fingerprint density at radius 1 is 1.15 bits per heavy atom. The van der Waals surface area contributed by atoms with Gasteiger partial charge in [-0.3, -0.25) is 4.79 Å². The maximum absolute atomic E-state index is 12.1. The zero-order chi connectivity index (χ0) is 14.5. The second-order valence-electron chi connectivity index (χ2n) is 4.66. The Bertz CT molecular complexity index is 623. The van der Waals surface area contributed by atoms with Crippen LogP contribution in [0.4, 0.5) is 0 Å². The Hall–Kier alpha value is -2.33. The summed E-state index contributed by atoms with van der Waals surface area (Å²) in [6.45, 7) is 2.16. The number of carbonyl (C=O) groups excluding carboxylic acids is 1. The van der Waals surface area contributed by atoms with Crippen LogP contribution in [-0.2, 0) is 13.2 Å². The minimum absolute atomic E-state index is 0.0150. The van der Waals surface area contributed by atoms with Crippen LogP contribution in [0.3, 0.4) is 0 Å². The van der Waals surface area contributed by atoms with E-state index in [1.165, 1.54) is 6.07 Å². The molecule has 0 radical (unpaired) electrons. The first kappa shape index (κ1) is 14.1. The molecule has 0 spiro atoms. The highest BCUT2D eigenvalue weighted by Crippen LogP contribution is 2.15. The van der Waals surface area contributed by atoms with Gasteiger partial charge in [0.05, 0.1) is 6.61 Å². The largest absolute Gasteiger partial charge is 0.508 e. The van der Waals surface area contributed by atoms with E-state index in [1.807, 2.05) is 24.3 Å². The number of aromatic hydroxyl groups is 1. The van der Waals surface area contributed by atoms with Crippen molar-refractivity contribution in [2.45, 2.75) is 20.1 Å². The lowest BCUT2D eigenvalue weighted by Crippen LogP contribution is -2.23. The topological polar surface area (TPSA) is 69.6 Å². The smallest absolute Gasteiger partial charge is 0.251 e. The minimum Gasteiger partial charge on any atom is -0.508 e. The average molecular weight is 271 g/mol. The summed E-state index contributed by atoms with van der Waals surface area (Å²) in [4.78, 5) is 12.1. The van der Waals surface area contributed by atoms with Gasteiger partial charge >= 0.3 is 0 Å². The summed E-state index contributed by atoms with van der Waals surface area (Å²) in [6, 6.07) is 12.1. The van der Waals surface area contributed by atoms with Crippen molar-refractivity contribution >= 4 is 5.91 Å². The predicted molar refractivity (Wildman–Crippen MR) is 76.4 cm³/mol. The number of hydrogen-bond donors (Lipinski definition) is 3. The Kier molecular flexibility index (Phi) is 4.38. The van der Waals surface area contributed by atoms with E-state index in [0.29, 0.717) is 12.1 Å². The summed E-state index contributed by atoms with van der Waals surface area (Å²) < 4.78 is 0. The molecule has 0 fully saturated rings. The second-order valence-corrected chi connectivity index (χ2v) is 4.66. The Morgan fingerprint density at radius 2 is 1.90 bits per heavy atom. The average Bonchev–Trinajstić information content (AvgIpc) is 2.45. The van der Waals surface area contributed by atoms with E-state index in [1.54, 1.807) is 19.1 Å². The number of carbonyl (C=O) groups is 1. The van der Waals surface area contributed by atoms with Gasteiger partial charge in [0.15, 0.2) is 0 Å². The molecule has 0 saturated carbocycles. The zero-order valence-electron chi connectivity index (χ0n) is 11.3. The summed E-state index contributed by atoms with van der Waals surface area (Å²) in [6.07, 6.45) is 0. The van der Waals surface area contributed by atoms with E-state index in [4.69, 9.17) is 5.11 Å². The SMILES string of the molecule is Cc1cc(O)ccc1C(=O)NCc1cccc(CO)c1. The number of phenols is 1. The van der Waals surface area contributed by atoms with Gasteiger partial charge in [0, 0.05) is 12.1 Å². The number of nitrogens with one attached hydrogen (secondary N) is 1. The van der Waals surface area contributed by atoms with Crippen molar-refractivity contribution in [3.05, 3.63) is 64.7 Å². The molecule has 4 nitrogen and oxygen atoms in total. The van der Waals surface area contributed by atoms with Crippen molar-refractivity contribution in [3.8, 4) is 5.75 Å². The number of aliphatic hydroxyl groups is 1. The quantitative estimate of drug-likeness (QED) is 0.797. The molecule has 4 heteroatoms. The van der Waals surface area contributed by atoms with Crippen molar-refractivity contribution in [1.82, 2.24) is 5.32 Å². The number of aliphatic hydroxyl groups excluding tert-OH is 1. The Labute approximate surface area is 117 Å². The normalized spacial score (nSPS) is 10.3. The number of hydrogen-bond acceptors (Lipinski definition) is 3. The maximum atomic E-state index is 12.1. The van der Waals surface area contributed by atoms with Crippen LogP contribution >= 0.6 is 0 Å². The van der Waals surface area contributed by atoms with Crippen molar-refractivity contribution in [2.24, 2.45) is 0 Å². The molecule has 104 valence electrons. The van der Waals surface area contributed by atoms with Crippen LogP contribution in [0, 0.1) is 6.92 Å². The highest BCUT2D eigenvalue weighted by Gasteiger charge is 2.09. The molecule has 0 aliphatic heterocycles. The lowest BCUT2D eigenvalue weighted by Gasteiger charge is -2.09. The van der Waals surface area contributed by atoms with Gasteiger partial charge in [0.25, 0.3) is 5.91 Å². The van der Waals surface area contributed by atoms with Crippen molar-refractivity contribution in [1.29, 1.82) is 0 Å². The maximum Gasteiger partial charge on any atom is 0.251 e. The summed E-state index contributed by atoms with van der Waals surface area (Å²) in [5.74, 6) is -0.0356. The molecule has 3 N–H and O–H groups in total. The summed E-state index contributed by atoms with van der Waals surface area (Å²) in [5, 5.41) is 21.2. The van der Waals surface area contributed by atoms with Crippen LogP contribution in [0.1, 0.15) is 27.0 Å². The number of aryl methyl sites for hydroxylation is 1. The molecule has 2 aromatic rings. The fourth-order valence-electron chi connectivity index (χ4n) is 2.02. The predicted octanol–water partition coefficient (Wildman–Crippen LogP) is 2.12. The fraction of sp³-hybridized carbons (Fsp3) is 0.188. The van der Waals surface area contributed by atoms with Gasteiger partial charge < -0.3 is 15.5 Å². The van der Waals surface area contributed by atoms with Crippen LogP contribution in [0.2, 0.25) is 0 Å². The summed E-state index contributed by atoms with van der Waals surface area (Å²) in [7, 11) is 0.